The topological polar surface area (TPSA) is 29.9 Å². The minimum Gasteiger partial charge on any atom is -0.333 e. The number of aromatic nitrogens is 2. The molecule has 0 amide bonds. The Morgan fingerprint density at radius 3 is 2.93 bits per heavy atom. The van der Waals surface area contributed by atoms with E-state index in [4.69, 9.17) is 0 Å². The lowest BCUT2D eigenvalue weighted by Crippen LogP contribution is -2.20. The van der Waals surface area contributed by atoms with Gasteiger partial charge in [-0.25, -0.2) is 4.98 Å². The third-order valence-corrected chi connectivity index (χ3v) is 2.41. The van der Waals surface area contributed by atoms with Gasteiger partial charge < -0.3 is 9.88 Å². The number of hydrogen-bond acceptors (Lipinski definition) is 2. The first-order valence-corrected chi connectivity index (χ1v) is 5.93. The summed E-state index contributed by atoms with van der Waals surface area (Å²) >= 11 is 0. The number of rotatable bonds is 7. The Kier molecular flexibility index (Phi) is 5.40. The fourth-order valence-electron chi connectivity index (χ4n) is 1.51. The minimum absolute atomic E-state index is 0.706. The molecule has 15 heavy (non-hydrogen) atoms. The van der Waals surface area contributed by atoms with Gasteiger partial charge in [-0.1, -0.05) is 27.2 Å². The predicted octanol–water partition coefficient (Wildman–Crippen LogP) is 2.43. The second-order valence-electron chi connectivity index (χ2n) is 4.46. The van der Waals surface area contributed by atoms with E-state index in [1.807, 2.05) is 12.5 Å². The molecule has 0 saturated heterocycles. The fourth-order valence-corrected chi connectivity index (χ4v) is 1.51. The van der Waals surface area contributed by atoms with Gasteiger partial charge in [0.1, 0.15) is 0 Å². The Morgan fingerprint density at radius 1 is 1.47 bits per heavy atom. The zero-order valence-corrected chi connectivity index (χ0v) is 10.2. The van der Waals surface area contributed by atoms with Crippen LogP contribution in [-0.4, -0.2) is 16.1 Å². The molecule has 0 spiro atoms. The van der Waals surface area contributed by atoms with Gasteiger partial charge in [0.05, 0.1) is 12.0 Å². The first kappa shape index (κ1) is 12.2. The van der Waals surface area contributed by atoms with E-state index < -0.39 is 0 Å². The van der Waals surface area contributed by atoms with Gasteiger partial charge in [-0.15, -0.1) is 0 Å². The van der Waals surface area contributed by atoms with Gasteiger partial charge in [-0.3, -0.25) is 0 Å². The van der Waals surface area contributed by atoms with Gasteiger partial charge in [0, 0.05) is 19.3 Å². The molecule has 0 bridgehead atoms. The minimum atomic E-state index is 0.706. The Balaban J connectivity index is 2.35. The number of nitrogens with one attached hydrogen (secondary N) is 1. The molecule has 0 aliphatic rings. The molecule has 0 aliphatic heterocycles. The number of nitrogens with zero attached hydrogens (tertiary/aromatic N) is 2. The van der Waals surface area contributed by atoms with Crippen LogP contribution in [0.4, 0.5) is 0 Å². The molecule has 0 aliphatic carbocycles. The molecular formula is C12H23N3. The summed E-state index contributed by atoms with van der Waals surface area (Å²) in [5, 5.41) is 3.44. The average Bonchev–Trinajstić information content (AvgIpc) is 2.62. The van der Waals surface area contributed by atoms with E-state index >= 15 is 0 Å². The number of hydrogen-bond donors (Lipinski definition) is 1. The van der Waals surface area contributed by atoms with E-state index in [9.17, 15) is 0 Å². The summed E-state index contributed by atoms with van der Waals surface area (Å²) in [5.74, 6) is 0.706. The van der Waals surface area contributed by atoms with Gasteiger partial charge >= 0.3 is 0 Å². The van der Waals surface area contributed by atoms with Gasteiger partial charge in [0.15, 0.2) is 0 Å². The van der Waals surface area contributed by atoms with Crippen LogP contribution in [0.5, 0.6) is 0 Å². The van der Waals surface area contributed by atoms with E-state index in [1.54, 1.807) is 0 Å². The molecule has 3 heteroatoms. The molecule has 86 valence electrons. The van der Waals surface area contributed by atoms with Crippen LogP contribution in [0, 0.1) is 5.92 Å². The van der Waals surface area contributed by atoms with Crippen LogP contribution in [0.25, 0.3) is 0 Å². The van der Waals surface area contributed by atoms with Crippen LogP contribution >= 0.6 is 0 Å². The van der Waals surface area contributed by atoms with E-state index in [0.717, 1.165) is 19.6 Å². The van der Waals surface area contributed by atoms with Gasteiger partial charge in [-0.2, -0.15) is 0 Å². The number of aryl methyl sites for hydroxylation is 1. The molecule has 0 fully saturated rings. The molecule has 1 N–H and O–H groups in total. The van der Waals surface area contributed by atoms with Crippen LogP contribution < -0.4 is 5.32 Å². The summed E-state index contributed by atoms with van der Waals surface area (Å²) in [7, 11) is 0. The van der Waals surface area contributed by atoms with Crippen molar-refractivity contribution in [1.29, 1.82) is 0 Å². The van der Waals surface area contributed by atoms with Crippen molar-refractivity contribution >= 4 is 0 Å². The Labute approximate surface area is 92.9 Å². The Bertz CT molecular complexity index is 266. The van der Waals surface area contributed by atoms with E-state index in [-0.39, 0.29) is 0 Å². The Hall–Kier alpha value is -0.830. The van der Waals surface area contributed by atoms with Crippen molar-refractivity contribution in [2.45, 2.75) is 46.7 Å². The summed E-state index contributed by atoms with van der Waals surface area (Å²) in [4.78, 5) is 4.20. The zero-order chi connectivity index (χ0) is 11.1. The van der Waals surface area contributed by atoms with Crippen LogP contribution in [0.3, 0.4) is 0 Å². The van der Waals surface area contributed by atoms with Gasteiger partial charge in [0.25, 0.3) is 0 Å². The quantitative estimate of drug-likeness (QED) is 0.747. The molecule has 3 nitrogen and oxygen atoms in total. The summed E-state index contributed by atoms with van der Waals surface area (Å²) in [5.41, 5.74) is 1.30. The van der Waals surface area contributed by atoms with Gasteiger partial charge in [0.2, 0.25) is 0 Å². The van der Waals surface area contributed by atoms with Crippen LogP contribution in [0.15, 0.2) is 12.5 Å². The monoisotopic (exact) mass is 209 g/mol. The molecule has 1 aromatic rings. The lowest BCUT2D eigenvalue weighted by Gasteiger charge is -2.09. The normalized spacial score (nSPS) is 11.2. The van der Waals surface area contributed by atoms with Crippen LogP contribution in [0.2, 0.25) is 0 Å². The van der Waals surface area contributed by atoms with Crippen molar-refractivity contribution < 1.29 is 0 Å². The van der Waals surface area contributed by atoms with Gasteiger partial charge in [-0.05, 0) is 18.9 Å². The molecular weight excluding hydrogens is 186 g/mol. The molecule has 0 atom stereocenters. The largest absolute Gasteiger partial charge is 0.333 e. The molecule has 1 rings (SSSR count). The third-order valence-electron chi connectivity index (χ3n) is 2.41. The summed E-state index contributed by atoms with van der Waals surface area (Å²) in [6.45, 7) is 9.76. The maximum absolute atomic E-state index is 4.20. The van der Waals surface area contributed by atoms with Crippen LogP contribution in [-0.2, 0) is 13.1 Å². The molecule has 0 unspecified atom stereocenters. The second-order valence-corrected chi connectivity index (χ2v) is 4.46. The van der Waals surface area contributed by atoms with E-state index in [0.29, 0.717) is 5.92 Å². The number of unbranched alkanes of at least 4 members (excludes halogenated alkanes) is 1. The highest BCUT2D eigenvalue weighted by molar-refractivity contribution is 4.97. The average molecular weight is 209 g/mol. The summed E-state index contributed by atoms with van der Waals surface area (Å²) in [6.07, 6.45) is 6.36. The maximum atomic E-state index is 4.20. The van der Waals surface area contributed by atoms with E-state index in [1.165, 1.54) is 18.5 Å². The summed E-state index contributed by atoms with van der Waals surface area (Å²) < 4.78 is 2.25. The zero-order valence-electron chi connectivity index (χ0n) is 10.2. The molecule has 1 aromatic heterocycles. The van der Waals surface area contributed by atoms with Crippen molar-refractivity contribution in [3.05, 3.63) is 18.2 Å². The highest BCUT2D eigenvalue weighted by Crippen LogP contribution is 2.02. The third kappa shape index (κ3) is 4.47. The first-order chi connectivity index (χ1) is 7.24. The molecule has 1 heterocycles. The lowest BCUT2D eigenvalue weighted by molar-refractivity contribution is 0.528. The second kappa shape index (κ2) is 6.62. The SMILES string of the molecule is CCCCn1cncc1CNCC(C)C. The van der Waals surface area contributed by atoms with Crippen LogP contribution in [0.1, 0.15) is 39.3 Å². The van der Waals surface area contributed by atoms with Crippen molar-refractivity contribution in [3.8, 4) is 0 Å². The highest BCUT2D eigenvalue weighted by atomic mass is 15.1. The van der Waals surface area contributed by atoms with Crippen molar-refractivity contribution in [3.63, 3.8) is 0 Å². The smallest absolute Gasteiger partial charge is 0.0948 e. The van der Waals surface area contributed by atoms with Crippen molar-refractivity contribution in [2.24, 2.45) is 5.92 Å². The Morgan fingerprint density at radius 2 is 2.27 bits per heavy atom. The molecule has 0 radical (unpaired) electrons. The first-order valence-electron chi connectivity index (χ1n) is 5.93. The van der Waals surface area contributed by atoms with E-state index in [2.05, 4.69) is 35.6 Å². The lowest BCUT2D eigenvalue weighted by atomic mass is 10.2. The summed E-state index contributed by atoms with van der Waals surface area (Å²) in [6, 6.07) is 0. The number of imidazole rings is 1. The highest BCUT2D eigenvalue weighted by Gasteiger charge is 2.01. The van der Waals surface area contributed by atoms with Crippen molar-refractivity contribution in [1.82, 2.24) is 14.9 Å². The fraction of sp³-hybridized carbons (Fsp3) is 0.750. The molecule has 0 aromatic carbocycles. The predicted molar refractivity (Wildman–Crippen MR) is 63.7 cm³/mol. The molecule has 0 saturated carbocycles. The van der Waals surface area contributed by atoms with Crippen molar-refractivity contribution in [2.75, 3.05) is 6.54 Å². The standard InChI is InChI=1S/C12H23N3/c1-4-5-6-15-10-14-9-12(15)8-13-7-11(2)3/h9-11,13H,4-8H2,1-3H3. The maximum Gasteiger partial charge on any atom is 0.0948 e.